The molecular weight excluding hydrogens is 272 g/mol. The summed E-state index contributed by atoms with van der Waals surface area (Å²) in [4.78, 5) is 15.9. The summed E-state index contributed by atoms with van der Waals surface area (Å²) in [7, 11) is 0. The molecule has 1 aromatic heterocycles. The van der Waals surface area contributed by atoms with Crippen LogP contribution in [-0.2, 0) is 0 Å². The van der Waals surface area contributed by atoms with Gasteiger partial charge in [-0.3, -0.25) is 0 Å². The highest BCUT2D eigenvalue weighted by Gasteiger charge is 2.29. The third kappa shape index (κ3) is 3.26. The normalized spacial score (nSPS) is 21.9. The lowest BCUT2D eigenvalue weighted by Crippen LogP contribution is -2.28. The fraction of sp³-hybridized carbons (Fsp3) is 0.600. The number of carbonyl (C=O) groups is 1. The van der Waals surface area contributed by atoms with Gasteiger partial charge in [-0.05, 0) is 44.1 Å². The topological polar surface area (TPSA) is 62.2 Å². The maximum Gasteiger partial charge on any atom is 0.339 e. The predicted molar refractivity (Wildman–Crippen MR) is 83.9 cm³/mol. The Hall–Kier alpha value is -1.23. The van der Waals surface area contributed by atoms with Gasteiger partial charge in [-0.2, -0.15) is 11.8 Å². The lowest BCUT2D eigenvalue weighted by Gasteiger charge is -2.22. The van der Waals surface area contributed by atoms with Crippen LogP contribution in [-0.4, -0.2) is 33.1 Å². The summed E-state index contributed by atoms with van der Waals surface area (Å²) in [5.74, 6) is 0.716. The Morgan fingerprint density at radius 3 is 2.90 bits per heavy atom. The Bertz CT molecular complexity index is 505. The van der Waals surface area contributed by atoms with Crippen molar-refractivity contribution in [3.8, 4) is 0 Å². The molecule has 2 atom stereocenters. The Balaban J connectivity index is 2.26. The van der Waals surface area contributed by atoms with E-state index in [4.69, 9.17) is 0 Å². The molecule has 2 unspecified atom stereocenters. The molecule has 110 valence electrons. The largest absolute Gasteiger partial charge is 0.478 e. The van der Waals surface area contributed by atoms with Crippen molar-refractivity contribution in [3.63, 3.8) is 0 Å². The zero-order valence-electron chi connectivity index (χ0n) is 12.3. The number of hydrogen-bond acceptors (Lipinski definition) is 4. The molecule has 20 heavy (non-hydrogen) atoms. The van der Waals surface area contributed by atoms with E-state index < -0.39 is 5.97 Å². The van der Waals surface area contributed by atoms with Crippen LogP contribution in [0.3, 0.4) is 0 Å². The van der Waals surface area contributed by atoms with Gasteiger partial charge in [0.25, 0.3) is 0 Å². The number of aromatic nitrogens is 1. The minimum absolute atomic E-state index is 0.308. The molecule has 0 spiro atoms. The quantitative estimate of drug-likeness (QED) is 0.870. The smallest absolute Gasteiger partial charge is 0.339 e. The van der Waals surface area contributed by atoms with E-state index in [-0.39, 0.29) is 0 Å². The third-order valence-corrected chi connectivity index (χ3v) is 5.04. The van der Waals surface area contributed by atoms with E-state index in [1.54, 1.807) is 0 Å². The van der Waals surface area contributed by atoms with Gasteiger partial charge in [0.05, 0.1) is 0 Å². The number of rotatable bonds is 5. The second-order valence-electron chi connectivity index (χ2n) is 5.28. The van der Waals surface area contributed by atoms with Crippen molar-refractivity contribution in [2.24, 2.45) is 0 Å². The van der Waals surface area contributed by atoms with Gasteiger partial charge in [0, 0.05) is 17.0 Å². The van der Waals surface area contributed by atoms with Crippen LogP contribution in [0.25, 0.3) is 0 Å². The molecular formula is C15H22N2O2S. The third-order valence-electron chi connectivity index (χ3n) is 3.71. The standard InChI is InChI=1S/C15H22N2O2S/c1-4-20-12-7-5-6-11(12)17-14-13(15(18)19)9(2)8-10(3)16-14/h8,11-12H,4-7H2,1-3H3,(H,16,17)(H,18,19). The van der Waals surface area contributed by atoms with Crippen LogP contribution in [0, 0.1) is 13.8 Å². The van der Waals surface area contributed by atoms with Gasteiger partial charge in [-0.15, -0.1) is 0 Å². The molecule has 1 aliphatic rings. The van der Waals surface area contributed by atoms with Crippen molar-refractivity contribution in [3.05, 3.63) is 22.9 Å². The van der Waals surface area contributed by atoms with Crippen LogP contribution in [0.1, 0.15) is 47.8 Å². The van der Waals surface area contributed by atoms with Crippen LogP contribution in [0.2, 0.25) is 0 Å². The fourth-order valence-electron chi connectivity index (χ4n) is 2.89. The highest BCUT2D eigenvalue weighted by atomic mass is 32.2. The molecule has 1 fully saturated rings. The first kappa shape index (κ1) is 15.2. The molecule has 0 bridgehead atoms. The van der Waals surface area contributed by atoms with Gasteiger partial charge >= 0.3 is 5.97 Å². The molecule has 1 aromatic rings. The van der Waals surface area contributed by atoms with Crippen LogP contribution >= 0.6 is 11.8 Å². The molecule has 5 heteroatoms. The number of hydrogen-bond donors (Lipinski definition) is 2. The average Bonchev–Trinajstić information content (AvgIpc) is 2.75. The number of nitrogens with zero attached hydrogens (tertiary/aromatic N) is 1. The van der Waals surface area contributed by atoms with E-state index in [0.717, 1.165) is 23.4 Å². The SMILES string of the molecule is CCSC1CCCC1Nc1nc(C)cc(C)c1C(=O)O. The number of carboxylic acid groups (broad SMARTS) is 1. The van der Waals surface area contributed by atoms with Crippen LogP contribution in [0.4, 0.5) is 5.82 Å². The Morgan fingerprint density at radius 1 is 1.50 bits per heavy atom. The Labute approximate surface area is 124 Å². The van der Waals surface area contributed by atoms with E-state index in [2.05, 4.69) is 17.2 Å². The van der Waals surface area contributed by atoms with Crippen molar-refractivity contribution in [2.75, 3.05) is 11.1 Å². The molecule has 0 aromatic carbocycles. The summed E-state index contributed by atoms with van der Waals surface area (Å²) in [5, 5.41) is 13.3. The number of nitrogens with one attached hydrogen (secondary N) is 1. The Kier molecular flexibility index (Phi) is 4.91. The number of anilines is 1. The van der Waals surface area contributed by atoms with Gasteiger partial charge < -0.3 is 10.4 Å². The monoisotopic (exact) mass is 294 g/mol. The molecule has 2 rings (SSSR count). The van der Waals surface area contributed by atoms with Crippen molar-refractivity contribution >= 4 is 23.5 Å². The van der Waals surface area contributed by atoms with Crippen molar-refractivity contribution in [1.82, 2.24) is 4.98 Å². The first-order valence-corrected chi connectivity index (χ1v) is 8.17. The zero-order chi connectivity index (χ0) is 14.7. The van der Waals surface area contributed by atoms with E-state index in [0.29, 0.717) is 22.7 Å². The molecule has 0 amide bonds. The van der Waals surface area contributed by atoms with Crippen LogP contribution < -0.4 is 5.32 Å². The van der Waals surface area contributed by atoms with Gasteiger partial charge in [-0.1, -0.05) is 13.3 Å². The van der Waals surface area contributed by atoms with Gasteiger partial charge in [0.15, 0.2) is 0 Å². The maximum absolute atomic E-state index is 11.4. The maximum atomic E-state index is 11.4. The van der Waals surface area contributed by atoms with E-state index in [1.165, 1.54) is 12.8 Å². The van der Waals surface area contributed by atoms with E-state index in [9.17, 15) is 9.90 Å². The van der Waals surface area contributed by atoms with E-state index >= 15 is 0 Å². The highest BCUT2D eigenvalue weighted by molar-refractivity contribution is 7.99. The molecule has 4 nitrogen and oxygen atoms in total. The van der Waals surface area contributed by atoms with E-state index in [1.807, 2.05) is 31.7 Å². The number of thioether (sulfide) groups is 1. The lowest BCUT2D eigenvalue weighted by molar-refractivity contribution is 0.0696. The van der Waals surface area contributed by atoms with Crippen molar-refractivity contribution in [2.45, 2.75) is 51.3 Å². The first-order valence-electron chi connectivity index (χ1n) is 7.12. The molecule has 0 aliphatic heterocycles. The first-order chi connectivity index (χ1) is 9.52. The molecule has 1 aliphatic carbocycles. The number of carboxylic acids is 1. The van der Waals surface area contributed by atoms with Crippen molar-refractivity contribution < 1.29 is 9.90 Å². The summed E-state index contributed by atoms with van der Waals surface area (Å²) >= 11 is 1.95. The lowest BCUT2D eigenvalue weighted by atomic mass is 10.1. The minimum Gasteiger partial charge on any atom is -0.478 e. The Morgan fingerprint density at radius 2 is 2.25 bits per heavy atom. The molecule has 1 heterocycles. The molecule has 0 saturated heterocycles. The van der Waals surface area contributed by atoms with Crippen LogP contribution in [0.15, 0.2) is 6.07 Å². The average molecular weight is 294 g/mol. The predicted octanol–water partition coefficient (Wildman–Crippen LogP) is 3.48. The molecule has 0 radical (unpaired) electrons. The summed E-state index contributed by atoms with van der Waals surface area (Å²) in [6.07, 6.45) is 3.48. The fourth-order valence-corrected chi connectivity index (χ4v) is 4.09. The number of aromatic carboxylic acids is 1. The number of aryl methyl sites for hydroxylation is 2. The van der Waals surface area contributed by atoms with Gasteiger partial charge in [0.2, 0.25) is 0 Å². The minimum atomic E-state index is -0.907. The number of pyridine rings is 1. The van der Waals surface area contributed by atoms with Crippen molar-refractivity contribution in [1.29, 1.82) is 0 Å². The highest BCUT2D eigenvalue weighted by Crippen LogP contribution is 2.32. The van der Waals surface area contributed by atoms with Gasteiger partial charge in [-0.25, -0.2) is 9.78 Å². The summed E-state index contributed by atoms with van der Waals surface area (Å²) in [6.45, 7) is 5.89. The molecule has 2 N–H and O–H groups in total. The van der Waals surface area contributed by atoms with Crippen LogP contribution in [0.5, 0.6) is 0 Å². The van der Waals surface area contributed by atoms with Gasteiger partial charge in [0.1, 0.15) is 11.4 Å². The zero-order valence-corrected chi connectivity index (χ0v) is 13.1. The summed E-state index contributed by atoms with van der Waals surface area (Å²) in [6, 6.07) is 2.15. The second kappa shape index (κ2) is 6.48. The summed E-state index contributed by atoms with van der Waals surface area (Å²) in [5.41, 5.74) is 1.93. The molecule has 1 saturated carbocycles. The second-order valence-corrected chi connectivity index (χ2v) is 6.80. The summed E-state index contributed by atoms with van der Waals surface area (Å²) < 4.78 is 0.